The van der Waals surface area contributed by atoms with Crippen LogP contribution in [0.4, 0.5) is 13.2 Å². The molecule has 0 N–H and O–H groups in total. The number of fused-ring (bicyclic) bond motifs is 6. The molecule has 78 heavy (non-hydrogen) atoms. The number of nitrogens with zero attached hydrogens (tertiary/aromatic N) is 8. The number of nitriles is 6. The van der Waals surface area contributed by atoms with Crippen molar-refractivity contribution in [3.05, 3.63) is 239 Å². The van der Waals surface area contributed by atoms with E-state index in [1.807, 2.05) is 130 Å². The third kappa shape index (κ3) is 8.08. The van der Waals surface area contributed by atoms with E-state index in [1.54, 1.807) is 60.7 Å². The van der Waals surface area contributed by atoms with Gasteiger partial charge in [-0.2, -0.15) is 44.7 Å². The van der Waals surface area contributed by atoms with Crippen LogP contribution in [0.25, 0.3) is 111 Å². The van der Waals surface area contributed by atoms with Crippen LogP contribution in [0.15, 0.2) is 200 Å². The maximum Gasteiger partial charge on any atom is 0.416 e. The Morgan fingerprint density at radius 3 is 0.923 bits per heavy atom. The van der Waals surface area contributed by atoms with Crippen molar-refractivity contribution in [3.8, 4) is 103 Å². The van der Waals surface area contributed by atoms with Gasteiger partial charge in [-0.05, 0) is 166 Å². The molecule has 0 aliphatic heterocycles. The molecular formula is C67H33F3N8. The van der Waals surface area contributed by atoms with Crippen LogP contribution in [0.5, 0.6) is 0 Å². The van der Waals surface area contributed by atoms with E-state index in [2.05, 4.69) is 36.4 Å². The van der Waals surface area contributed by atoms with Gasteiger partial charge in [0.2, 0.25) is 0 Å². The van der Waals surface area contributed by atoms with Crippen molar-refractivity contribution in [2.24, 2.45) is 0 Å². The third-order valence-corrected chi connectivity index (χ3v) is 14.3. The first-order valence-corrected chi connectivity index (χ1v) is 24.4. The minimum atomic E-state index is -4.77. The molecule has 2 heterocycles. The second-order valence-corrected chi connectivity index (χ2v) is 18.7. The number of hydrogen-bond acceptors (Lipinski definition) is 6. The Balaban J connectivity index is 1.22. The Labute approximate surface area is 444 Å². The summed E-state index contributed by atoms with van der Waals surface area (Å²) in [6.45, 7) is 0. The predicted octanol–water partition coefficient (Wildman–Crippen LogP) is 16.5. The van der Waals surface area contributed by atoms with Crippen molar-refractivity contribution in [2.75, 3.05) is 0 Å². The molecule has 0 aliphatic carbocycles. The summed E-state index contributed by atoms with van der Waals surface area (Å²) in [4.78, 5) is 0. The Hall–Kier alpha value is -11.5. The number of hydrogen-bond donors (Lipinski definition) is 0. The highest BCUT2D eigenvalue weighted by atomic mass is 19.4. The summed E-state index contributed by atoms with van der Waals surface area (Å²) in [6.07, 6.45) is -4.77. The van der Waals surface area contributed by atoms with Gasteiger partial charge >= 0.3 is 6.18 Å². The predicted molar refractivity (Wildman–Crippen MR) is 296 cm³/mol. The lowest BCUT2D eigenvalue weighted by Crippen LogP contribution is -2.08. The van der Waals surface area contributed by atoms with Crippen molar-refractivity contribution in [1.29, 1.82) is 31.6 Å². The zero-order chi connectivity index (χ0) is 53.8. The van der Waals surface area contributed by atoms with Gasteiger partial charge in [-0.25, -0.2) is 0 Å². The molecule has 0 atom stereocenters. The van der Waals surface area contributed by atoms with Gasteiger partial charge in [-0.1, -0.05) is 78.9 Å². The lowest BCUT2D eigenvalue weighted by atomic mass is 9.93. The molecule has 0 radical (unpaired) electrons. The van der Waals surface area contributed by atoms with E-state index in [0.29, 0.717) is 61.3 Å². The lowest BCUT2D eigenvalue weighted by Gasteiger charge is -2.22. The van der Waals surface area contributed by atoms with E-state index in [9.17, 15) is 44.7 Å². The topological polar surface area (TPSA) is 153 Å². The summed E-state index contributed by atoms with van der Waals surface area (Å²) in [5.74, 6) is 0. The van der Waals surface area contributed by atoms with Crippen molar-refractivity contribution >= 4 is 43.6 Å². The van der Waals surface area contributed by atoms with Crippen LogP contribution >= 0.6 is 0 Å². The zero-order valence-electron chi connectivity index (χ0n) is 40.8. The van der Waals surface area contributed by atoms with Gasteiger partial charge in [0.25, 0.3) is 0 Å². The normalized spacial score (nSPS) is 11.2. The molecule has 2 aromatic heterocycles. The summed E-state index contributed by atoms with van der Waals surface area (Å²) in [5.41, 5.74) is 11.2. The first kappa shape index (κ1) is 47.5. The van der Waals surface area contributed by atoms with E-state index in [-0.39, 0.29) is 16.7 Å². The molecule has 0 unspecified atom stereocenters. The molecule has 0 saturated heterocycles. The highest BCUT2D eigenvalue weighted by molar-refractivity contribution is 6.14. The number of rotatable bonds is 7. The fraction of sp³-hybridized carbons (Fsp3) is 0.0149. The molecule has 10 aromatic carbocycles. The van der Waals surface area contributed by atoms with E-state index in [1.165, 1.54) is 6.07 Å². The molecule has 0 bridgehead atoms. The van der Waals surface area contributed by atoms with Crippen LogP contribution in [-0.2, 0) is 6.18 Å². The molecule has 8 nitrogen and oxygen atoms in total. The summed E-state index contributed by atoms with van der Waals surface area (Å²) >= 11 is 0. The van der Waals surface area contributed by atoms with Gasteiger partial charge in [0.05, 0.1) is 109 Å². The van der Waals surface area contributed by atoms with E-state index in [0.717, 1.165) is 78.2 Å². The van der Waals surface area contributed by atoms with Crippen molar-refractivity contribution in [3.63, 3.8) is 0 Å². The van der Waals surface area contributed by atoms with Crippen molar-refractivity contribution < 1.29 is 13.2 Å². The SMILES string of the molecule is N#Cc1cccc(-c2ccc3c(c2)c2cc(-c4cccc(C#N)c4)ccc2n3-c2cc(C#N)cc(-n3c4ccc(-c5cccc(C#N)c5)cc4c4cc(-c5cccc(C#N)c5)ccc43)c2-c2ccc(C(F)(F)F)cc2C#N)c1. The zero-order valence-corrected chi connectivity index (χ0v) is 40.8. The summed E-state index contributed by atoms with van der Waals surface area (Å²) in [6, 6.07) is 72.5. The molecule has 0 aliphatic rings. The molecular weight excluding hydrogens is 974 g/mol. The molecule has 362 valence electrons. The maximum atomic E-state index is 14.6. The highest BCUT2D eigenvalue weighted by Gasteiger charge is 2.33. The molecule has 11 heteroatoms. The fourth-order valence-electron chi connectivity index (χ4n) is 10.7. The minimum absolute atomic E-state index is 0.176. The van der Waals surface area contributed by atoms with E-state index in [4.69, 9.17) is 0 Å². The number of aromatic nitrogens is 2. The molecule has 0 spiro atoms. The molecule has 0 amide bonds. The average Bonchev–Trinajstić information content (AvgIpc) is 4.11. The summed E-state index contributed by atoms with van der Waals surface area (Å²) in [7, 11) is 0. The molecule has 12 rings (SSSR count). The van der Waals surface area contributed by atoms with Crippen LogP contribution in [0.1, 0.15) is 38.9 Å². The van der Waals surface area contributed by atoms with Gasteiger partial charge in [-0.15, -0.1) is 0 Å². The fourth-order valence-corrected chi connectivity index (χ4v) is 10.7. The number of halogens is 3. The van der Waals surface area contributed by atoms with E-state index >= 15 is 0 Å². The Bertz CT molecular complexity index is 4330. The third-order valence-electron chi connectivity index (χ3n) is 14.3. The van der Waals surface area contributed by atoms with Gasteiger partial charge in [0.15, 0.2) is 0 Å². The molecule has 0 fully saturated rings. The Kier molecular flexibility index (Phi) is 11.4. The lowest BCUT2D eigenvalue weighted by molar-refractivity contribution is -0.137. The van der Waals surface area contributed by atoms with Crippen LogP contribution in [0.2, 0.25) is 0 Å². The highest BCUT2D eigenvalue weighted by Crippen LogP contribution is 2.47. The molecule has 0 saturated carbocycles. The van der Waals surface area contributed by atoms with Crippen LogP contribution in [0.3, 0.4) is 0 Å². The van der Waals surface area contributed by atoms with Crippen molar-refractivity contribution in [2.45, 2.75) is 6.18 Å². The van der Waals surface area contributed by atoms with Crippen molar-refractivity contribution in [1.82, 2.24) is 9.13 Å². The largest absolute Gasteiger partial charge is 0.416 e. The smallest absolute Gasteiger partial charge is 0.308 e. The standard InChI is InChI=1S/C67H33F3N8/c68-67(69,70)54-17-18-55(53(29-54)39-76)66-64(77-60-19-13-49(45-9-1-5-40(23-45)34-71)30-56(60)57-31-50(14-20-61(57)77)46-10-2-6-41(24-46)35-72)27-44(38-75)28-65(66)78-62-21-15-51(47-11-3-7-42(25-47)36-73)32-58(62)59-33-52(16-22-63(59)78)48-12-4-8-43(26-48)37-74/h1-33H. The average molecular weight is 1010 g/mol. The Morgan fingerprint density at radius 1 is 0.308 bits per heavy atom. The second kappa shape index (κ2) is 18.8. The van der Waals surface area contributed by atoms with Gasteiger partial charge in [0.1, 0.15) is 0 Å². The minimum Gasteiger partial charge on any atom is -0.308 e. The van der Waals surface area contributed by atoms with Gasteiger partial charge in [0, 0.05) is 32.7 Å². The molecule has 12 aromatic rings. The maximum absolute atomic E-state index is 14.6. The van der Waals surface area contributed by atoms with E-state index < -0.39 is 11.7 Å². The summed E-state index contributed by atoms with van der Waals surface area (Å²) < 4.78 is 47.8. The van der Waals surface area contributed by atoms with Gasteiger partial charge < -0.3 is 9.13 Å². The monoisotopic (exact) mass is 1010 g/mol. The first-order chi connectivity index (χ1) is 38.0. The van der Waals surface area contributed by atoms with Crippen LogP contribution in [0, 0.1) is 68.0 Å². The first-order valence-electron chi connectivity index (χ1n) is 24.4. The summed E-state index contributed by atoms with van der Waals surface area (Å²) in [5, 5.41) is 64.5. The van der Waals surface area contributed by atoms with Gasteiger partial charge in [-0.3, -0.25) is 0 Å². The quantitative estimate of drug-likeness (QED) is 0.155. The number of alkyl halides is 3. The number of benzene rings is 10. The van der Waals surface area contributed by atoms with Crippen LogP contribution < -0.4 is 0 Å². The van der Waals surface area contributed by atoms with Crippen LogP contribution in [-0.4, -0.2) is 9.13 Å². The second-order valence-electron chi connectivity index (χ2n) is 18.7. The Morgan fingerprint density at radius 2 is 0.628 bits per heavy atom.